The number of allylic oxidation sites excluding steroid dienone is 1. The van der Waals surface area contributed by atoms with Crippen molar-refractivity contribution in [1.29, 1.82) is 0 Å². The summed E-state index contributed by atoms with van der Waals surface area (Å²) in [5.74, 6) is 1.87. The molecule has 2 aliphatic carbocycles. The molecule has 0 unspecified atom stereocenters. The maximum absolute atomic E-state index is 12.9. The van der Waals surface area contributed by atoms with Crippen molar-refractivity contribution in [2.75, 3.05) is 12.4 Å². The van der Waals surface area contributed by atoms with E-state index in [-0.39, 0.29) is 6.04 Å². The van der Waals surface area contributed by atoms with Gasteiger partial charge in [0, 0.05) is 18.0 Å². The summed E-state index contributed by atoms with van der Waals surface area (Å²) in [5.41, 5.74) is 4.73. The number of ether oxygens (including phenoxy) is 1. The van der Waals surface area contributed by atoms with E-state index in [1.807, 2.05) is 6.07 Å². The first-order chi connectivity index (χ1) is 11.8. The van der Waals surface area contributed by atoms with Crippen LogP contribution >= 0.6 is 0 Å². The SMILES string of the molecule is C=C1C([Si](C)(C)C)=C2C(=O)CCC[C@@H]2[C@H]2c3cc(OC)ccc3N[C@@H]12. The second-order valence-corrected chi connectivity index (χ2v) is 13.6. The predicted octanol–water partition coefficient (Wildman–Crippen LogP) is 4.69. The Labute approximate surface area is 151 Å². The normalized spacial score (nSPS) is 28.2. The lowest BCUT2D eigenvalue weighted by Crippen LogP contribution is -2.44. The fourth-order valence-electron chi connectivity index (χ4n) is 5.13. The third kappa shape index (κ3) is 2.42. The number of fused-ring (bicyclic) bond motifs is 5. The maximum atomic E-state index is 12.9. The number of carbonyl (C=O) groups excluding carboxylic acids is 1. The fraction of sp³-hybridized carbons (Fsp3) is 0.476. The van der Waals surface area contributed by atoms with E-state index in [0.717, 1.165) is 29.7 Å². The van der Waals surface area contributed by atoms with Gasteiger partial charge < -0.3 is 10.1 Å². The summed E-state index contributed by atoms with van der Waals surface area (Å²) in [6.45, 7) is 11.5. The molecule has 3 atom stereocenters. The number of rotatable bonds is 2. The van der Waals surface area contributed by atoms with Crippen LogP contribution in [0.1, 0.15) is 30.7 Å². The first-order valence-corrected chi connectivity index (χ1v) is 12.7. The van der Waals surface area contributed by atoms with Crippen LogP contribution < -0.4 is 10.1 Å². The molecule has 0 spiro atoms. The van der Waals surface area contributed by atoms with Crippen LogP contribution in [0.3, 0.4) is 0 Å². The van der Waals surface area contributed by atoms with E-state index < -0.39 is 8.07 Å². The maximum Gasteiger partial charge on any atom is 0.159 e. The molecule has 0 aromatic heterocycles. The Balaban J connectivity index is 1.91. The number of methoxy groups -OCH3 is 1. The number of Topliss-reactive ketones (excluding diaryl/α,β-unsaturated/α-hetero) is 1. The molecule has 1 saturated carbocycles. The number of hydrogen-bond acceptors (Lipinski definition) is 3. The van der Waals surface area contributed by atoms with Crippen LogP contribution in [0.4, 0.5) is 5.69 Å². The van der Waals surface area contributed by atoms with Crippen molar-refractivity contribution in [3.63, 3.8) is 0 Å². The fourth-order valence-corrected chi connectivity index (χ4v) is 7.38. The molecule has 132 valence electrons. The summed E-state index contributed by atoms with van der Waals surface area (Å²) in [5, 5.41) is 5.04. The summed E-state index contributed by atoms with van der Waals surface area (Å²) >= 11 is 0. The lowest BCUT2D eigenvalue weighted by Gasteiger charge is -2.44. The first kappa shape index (κ1) is 16.6. The van der Waals surface area contributed by atoms with Gasteiger partial charge in [-0.2, -0.15) is 0 Å². The summed E-state index contributed by atoms with van der Waals surface area (Å²) < 4.78 is 5.46. The molecule has 3 aliphatic rings. The van der Waals surface area contributed by atoms with Crippen molar-refractivity contribution < 1.29 is 9.53 Å². The molecule has 1 fully saturated rings. The largest absolute Gasteiger partial charge is 0.497 e. The Morgan fingerprint density at radius 1 is 1.28 bits per heavy atom. The van der Waals surface area contributed by atoms with Gasteiger partial charge in [-0.15, -0.1) is 0 Å². The number of anilines is 1. The summed E-state index contributed by atoms with van der Waals surface area (Å²) in [4.78, 5) is 12.9. The molecule has 1 aliphatic heterocycles. The van der Waals surface area contributed by atoms with Crippen LogP contribution in [-0.2, 0) is 4.79 Å². The molecule has 0 bridgehead atoms. The molecule has 1 aromatic rings. The van der Waals surface area contributed by atoms with E-state index in [1.54, 1.807) is 7.11 Å². The lowest BCUT2D eigenvalue weighted by atomic mass is 9.66. The highest BCUT2D eigenvalue weighted by atomic mass is 28.3. The Morgan fingerprint density at radius 2 is 2.04 bits per heavy atom. The molecule has 3 nitrogen and oxygen atoms in total. The third-order valence-electron chi connectivity index (χ3n) is 6.03. The predicted molar refractivity (Wildman–Crippen MR) is 105 cm³/mol. The average molecular weight is 354 g/mol. The van der Waals surface area contributed by atoms with Gasteiger partial charge in [-0.3, -0.25) is 4.79 Å². The Hall–Kier alpha value is -1.81. The molecule has 0 amide bonds. The van der Waals surface area contributed by atoms with Gasteiger partial charge in [0.05, 0.1) is 21.2 Å². The van der Waals surface area contributed by atoms with E-state index in [2.05, 4.69) is 43.7 Å². The molecule has 4 rings (SSSR count). The van der Waals surface area contributed by atoms with Gasteiger partial charge in [0.25, 0.3) is 0 Å². The van der Waals surface area contributed by atoms with Crippen molar-refractivity contribution >= 4 is 19.5 Å². The van der Waals surface area contributed by atoms with Crippen LogP contribution in [0.15, 0.2) is 41.1 Å². The highest BCUT2D eigenvalue weighted by Gasteiger charge is 2.50. The molecule has 25 heavy (non-hydrogen) atoms. The van der Waals surface area contributed by atoms with Crippen LogP contribution in [0.25, 0.3) is 0 Å². The molecular weight excluding hydrogens is 326 g/mol. The minimum absolute atomic E-state index is 0.212. The van der Waals surface area contributed by atoms with Gasteiger partial charge in [0.15, 0.2) is 5.78 Å². The average Bonchev–Trinajstić information content (AvgIpc) is 2.94. The smallest absolute Gasteiger partial charge is 0.159 e. The number of hydrogen-bond donors (Lipinski definition) is 1. The number of carbonyl (C=O) groups is 1. The summed E-state index contributed by atoms with van der Waals surface area (Å²) in [6.07, 6.45) is 2.80. The summed E-state index contributed by atoms with van der Waals surface area (Å²) in [6, 6.07) is 6.48. The number of benzene rings is 1. The van der Waals surface area contributed by atoms with E-state index >= 15 is 0 Å². The Morgan fingerprint density at radius 3 is 2.72 bits per heavy atom. The van der Waals surface area contributed by atoms with Gasteiger partial charge in [-0.25, -0.2) is 0 Å². The molecule has 0 saturated heterocycles. The van der Waals surface area contributed by atoms with Crippen molar-refractivity contribution in [2.45, 2.75) is 50.9 Å². The van der Waals surface area contributed by atoms with Gasteiger partial charge in [0.2, 0.25) is 0 Å². The van der Waals surface area contributed by atoms with Gasteiger partial charge >= 0.3 is 0 Å². The van der Waals surface area contributed by atoms with E-state index in [0.29, 0.717) is 24.0 Å². The first-order valence-electron chi connectivity index (χ1n) is 9.24. The molecule has 0 radical (unpaired) electrons. The van der Waals surface area contributed by atoms with Gasteiger partial charge in [-0.05, 0) is 58.9 Å². The number of nitrogens with one attached hydrogen (secondary N) is 1. The van der Waals surface area contributed by atoms with E-state index in [4.69, 9.17) is 4.74 Å². The van der Waals surface area contributed by atoms with Crippen LogP contribution in [0, 0.1) is 5.92 Å². The molecular formula is C21H27NO2Si. The van der Waals surface area contributed by atoms with Crippen molar-refractivity contribution in [3.05, 3.63) is 46.7 Å². The molecule has 1 N–H and O–H groups in total. The van der Waals surface area contributed by atoms with Gasteiger partial charge in [0.1, 0.15) is 5.75 Å². The Bertz CT molecular complexity index is 803. The minimum atomic E-state index is -1.66. The van der Waals surface area contributed by atoms with E-state index in [9.17, 15) is 4.79 Å². The number of ketones is 1. The zero-order valence-corrected chi connectivity index (χ0v) is 16.6. The van der Waals surface area contributed by atoms with Crippen LogP contribution in [-0.4, -0.2) is 27.0 Å². The third-order valence-corrected chi connectivity index (χ3v) is 8.12. The lowest BCUT2D eigenvalue weighted by molar-refractivity contribution is -0.117. The standard InChI is InChI=1S/C21H27NO2Si/c1-12-20-18(15-11-13(24-2)9-10-16(15)22-20)14-7-6-8-17(23)19(14)21(12)25(3,4)5/h9-11,14,18,20,22H,1,6-8H2,2-5H3/t14-,18+,20+/m1/s1. The molecule has 1 aromatic carbocycles. The van der Waals surface area contributed by atoms with Crippen LogP contribution in [0.2, 0.25) is 19.6 Å². The highest BCUT2D eigenvalue weighted by Crippen LogP contribution is 2.55. The van der Waals surface area contributed by atoms with E-state index in [1.165, 1.54) is 16.4 Å². The van der Waals surface area contributed by atoms with Gasteiger partial charge in [-0.1, -0.05) is 26.2 Å². The highest BCUT2D eigenvalue weighted by molar-refractivity contribution is 6.84. The zero-order chi connectivity index (χ0) is 17.9. The molecule has 1 heterocycles. The topological polar surface area (TPSA) is 38.3 Å². The van der Waals surface area contributed by atoms with Crippen LogP contribution in [0.5, 0.6) is 5.75 Å². The second-order valence-electron chi connectivity index (χ2n) is 8.59. The molecule has 4 heteroatoms. The monoisotopic (exact) mass is 353 g/mol. The zero-order valence-electron chi connectivity index (χ0n) is 15.6. The van der Waals surface area contributed by atoms with Crippen molar-refractivity contribution in [3.8, 4) is 5.75 Å². The minimum Gasteiger partial charge on any atom is -0.497 e. The second kappa shape index (κ2) is 5.60. The quantitative estimate of drug-likeness (QED) is 0.784. The Kier molecular flexibility index (Phi) is 3.73. The van der Waals surface area contributed by atoms with Crippen molar-refractivity contribution in [1.82, 2.24) is 0 Å². The van der Waals surface area contributed by atoms with Crippen molar-refractivity contribution in [2.24, 2.45) is 5.92 Å². The summed E-state index contributed by atoms with van der Waals surface area (Å²) in [7, 11) is 0.0525.